The van der Waals surface area contributed by atoms with E-state index in [4.69, 9.17) is 15.2 Å². The fourth-order valence-electron chi connectivity index (χ4n) is 2.82. The normalized spacial score (nSPS) is 25.7. The van der Waals surface area contributed by atoms with Crippen LogP contribution in [0.2, 0.25) is 0 Å². The molecule has 0 bridgehead atoms. The van der Waals surface area contributed by atoms with E-state index < -0.39 is 36.7 Å². The van der Waals surface area contributed by atoms with Crippen molar-refractivity contribution in [2.45, 2.75) is 31.0 Å². The van der Waals surface area contributed by atoms with Crippen LogP contribution in [-0.2, 0) is 14.3 Å². The summed E-state index contributed by atoms with van der Waals surface area (Å²) in [5.41, 5.74) is 5.27. The Bertz CT molecular complexity index is 850. The first-order chi connectivity index (χ1) is 12.5. The molecular formula is C14H20N6O6. The van der Waals surface area contributed by atoms with Crippen LogP contribution in [0.15, 0.2) is 11.1 Å². The Kier molecular flexibility index (Phi) is 5.18. The molecule has 0 radical (unpaired) electrons. The number of ether oxygens (including phenoxy) is 2. The van der Waals surface area contributed by atoms with E-state index in [0.717, 1.165) is 0 Å². The first kappa shape index (κ1) is 18.3. The predicted octanol–water partition coefficient (Wildman–Crippen LogP) is -2.53. The second kappa shape index (κ2) is 7.37. The van der Waals surface area contributed by atoms with Gasteiger partial charge in [-0.3, -0.25) is 19.1 Å². The minimum Gasteiger partial charge on any atom is -0.394 e. The van der Waals surface area contributed by atoms with Crippen LogP contribution in [0.25, 0.3) is 11.2 Å². The van der Waals surface area contributed by atoms with Crippen molar-refractivity contribution in [3.05, 3.63) is 16.7 Å². The molecule has 12 nitrogen and oxygen atoms in total. The van der Waals surface area contributed by atoms with Gasteiger partial charge in [0.15, 0.2) is 17.4 Å². The smallest absolute Gasteiger partial charge is 0.280 e. The van der Waals surface area contributed by atoms with Gasteiger partial charge in [-0.25, -0.2) is 4.98 Å². The van der Waals surface area contributed by atoms with Gasteiger partial charge in [0.25, 0.3) is 5.56 Å². The van der Waals surface area contributed by atoms with Crippen molar-refractivity contribution in [2.75, 3.05) is 26.0 Å². The molecule has 142 valence electrons. The third-order valence-corrected chi connectivity index (χ3v) is 4.14. The van der Waals surface area contributed by atoms with Gasteiger partial charge in [-0.1, -0.05) is 0 Å². The Morgan fingerprint density at radius 3 is 3.04 bits per heavy atom. The highest BCUT2D eigenvalue weighted by atomic mass is 16.6. The van der Waals surface area contributed by atoms with E-state index >= 15 is 0 Å². The lowest BCUT2D eigenvalue weighted by molar-refractivity contribution is -0.123. The van der Waals surface area contributed by atoms with Crippen LogP contribution < -0.4 is 16.6 Å². The number of fused-ring (bicyclic) bond motifs is 1. The number of anilines is 1. The number of aromatic amines is 1. The zero-order chi connectivity index (χ0) is 18.8. The molecule has 1 unspecified atom stereocenters. The van der Waals surface area contributed by atoms with Crippen LogP contribution in [0.3, 0.4) is 0 Å². The van der Waals surface area contributed by atoms with Gasteiger partial charge in [-0.15, -0.1) is 0 Å². The van der Waals surface area contributed by atoms with Gasteiger partial charge < -0.3 is 30.7 Å². The summed E-state index contributed by atoms with van der Waals surface area (Å²) in [6.45, 7) is -0.405. The van der Waals surface area contributed by atoms with E-state index in [0.29, 0.717) is 0 Å². The van der Waals surface area contributed by atoms with Crippen molar-refractivity contribution in [1.29, 1.82) is 0 Å². The summed E-state index contributed by atoms with van der Waals surface area (Å²) in [6.07, 6.45) is -2.46. The van der Waals surface area contributed by atoms with E-state index in [9.17, 15) is 19.8 Å². The van der Waals surface area contributed by atoms with Gasteiger partial charge in [0.2, 0.25) is 11.9 Å². The third-order valence-electron chi connectivity index (χ3n) is 4.14. The third kappa shape index (κ3) is 3.26. The molecule has 4 atom stereocenters. The maximum atomic E-state index is 11.9. The molecule has 0 saturated carbocycles. The summed E-state index contributed by atoms with van der Waals surface area (Å²) in [6, 6.07) is 0. The Morgan fingerprint density at radius 1 is 1.58 bits per heavy atom. The molecule has 1 saturated heterocycles. The van der Waals surface area contributed by atoms with E-state index in [2.05, 4.69) is 20.3 Å². The van der Waals surface area contributed by atoms with Crippen LogP contribution in [0, 0.1) is 0 Å². The van der Waals surface area contributed by atoms with Gasteiger partial charge in [0, 0.05) is 13.5 Å². The van der Waals surface area contributed by atoms with Crippen molar-refractivity contribution < 1.29 is 24.5 Å². The number of hydrogen-bond donors (Lipinski definition) is 5. The molecule has 26 heavy (non-hydrogen) atoms. The summed E-state index contributed by atoms with van der Waals surface area (Å²) in [5.74, 6) is -0.318. The molecule has 0 aliphatic carbocycles. The number of carbonyl (C=O) groups is 1. The number of hydrogen-bond acceptors (Lipinski definition) is 9. The number of nitrogens with two attached hydrogens (primary N) is 1. The molecular weight excluding hydrogens is 348 g/mol. The standard InChI is InChI=1S/C14H20N6O6/c1-16-7(22)2-3-25-10-9(23)6(4-21)26-13(10)20-5-17-8-11(20)18-14(15)19-12(8)24/h5-6,9-10,13,21,23H,2-4H2,1H3,(H,16,22)(H3,15,18,19,24)/t6-,9+,10?,13-/m1/s1. The Balaban J connectivity index is 1.90. The SMILES string of the molecule is CNC(=O)CCOC1[C@@H](O)[C@@H](CO)O[C@H]1n1cnc2c(=O)[nH]c(N)nc21. The predicted molar refractivity (Wildman–Crippen MR) is 88.0 cm³/mol. The maximum Gasteiger partial charge on any atom is 0.280 e. The average molecular weight is 368 g/mol. The van der Waals surface area contributed by atoms with Crippen molar-refractivity contribution in [3.63, 3.8) is 0 Å². The van der Waals surface area contributed by atoms with E-state index in [-0.39, 0.29) is 36.0 Å². The number of aromatic nitrogens is 4. The largest absolute Gasteiger partial charge is 0.394 e. The van der Waals surface area contributed by atoms with E-state index in [1.54, 1.807) is 0 Å². The maximum absolute atomic E-state index is 11.9. The highest BCUT2D eigenvalue weighted by Gasteiger charge is 2.46. The fraction of sp³-hybridized carbons (Fsp3) is 0.571. The number of imidazole rings is 1. The number of nitrogen functional groups attached to an aromatic ring is 1. The first-order valence-corrected chi connectivity index (χ1v) is 7.95. The van der Waals surface area contributed by atoms with Crippen molar-refractivity contribution in [1.82, 2.24) is 24.8 Å². The molecule has 1 fully saturated rings. The van der Waals surface area contributed by atoms with E-state index in [1.807, 2.05) is 0 Å². The summed E-state index contributed by atoms with van der Waals surface area (Å²) >= 11 is 0. The highest BCUT2D eigenvalue weighted by molar-refractivity contribution is 5.75. The second-order valence-corrected chi connectivity index (χ2v) is 5.77. The zero-order valence-corrected chi connectivity index (χ0v) is 14.0. The summed E-state index contributed by atoms with van der Waals surface area (Å²) in [5, 5.41) is 22.2. The lowest BCUT2D eigenvalue weighted by Gasteiger charge is -2.22. The Morgan fingerprint density at radius 2 is 2.35 bits per heavy atom. The highest BCUT2D eigenvalue weighted by Crippen LogP contribution is 2.33. The Labute approximate surface area is 146 Å². The van der Waals surface area contributed by atoms with Gasteiger partial charge in [0.1, 0.15) is 18.3 Å². The fourth-order valence-corrected chi connectivity index (χ4v) is 2.82. The van der Waals surface area contributed by atoms with Crippen molar-refractivity contribution in [3.8, 4) is 0 Å². The molecule has 0 aromatic carbocycles. The van der Waals surface area contributed by atoms with Gasteiger partial charge in [-0.05, 0) is 0 Å². The monoisotopic (exact) mass is 368 g/mol. The lowest BCUT2D eigenvalue weighted by atomic mass is 10.1. The average Bonchev–Trinajstić information content (AvgIpc) is 3.16. The number of rotatable bonds is 6. The number of aliphatic hydroxyl groups excluding tert-OH is 2. The molecule has 3 heterocycles. The molecule has 6 N–H and O–H groups in total. The molecule has 2 aromatic rings. The zero-order valence-electron chi connectivity index (χ0n) is 14.0. The molecule has 1 aliphatic rings. The lowest BCUT2D eigenvalue weighted by Crippen LogP contribution is -2.36. The van der Waals surface area contributed by atoms with Crippen molar-refractivity contribution in [2.24, 2.45) is 0 Å². The Hall–Kier alpha value is -2.54. The van der Waals surface area contributed by atoms with Crippen LogP contribution in [0.1, 0.15) is 12.6 Å². The first-order valence-electron chi connectivity index (χ1n) is 7.95. The number of aliphatic hydroxyl groups is 2. The summed E-state index contributed by atoms with van der Waals surface area (Å²) in [4.78, 5) is 33.6. The minimum absolute atomic E-state index is 0.0299. The quantitative estimate of drug-likeness (QED) is 0.368. The van der Waals surface area contributed by atoms with E-state index in [1.165, 1.54) is 17.9 Å². The van der Waals surface area contributed by atoms with Crippen molar-refractivity contribution >= 4 is 23.0 Å². The molecule has 12 heteroatoms. The summed E-state index contributed by atoms with van der Waals surface area (Å²) in [7, 11) is 1.51. The molecule has 3 rings (SSSR count). The number of carbonyl (C=O) groups excluding carboxylic acids is 1. The second-order valence-electron chi connectivity index (χ2n) is 5.77. The number of nitrogens with zero attached hydrogens (tertiary/aromatic N) is 3. The van der Waals surface area contributed by atoms with Crippen LogP contribution in [0.5, 0.6) is 0 Å². The molecule has 2 aromatic heterocycles. The van der Waals surface area contributed by atoms with Gasteiger partial charge in [0.05, 0.1) is 19.5 Å². The molecule has 1 aliphatic heterocycles. The van der Waals surface area contributed by atoms with Gasteiger partial charge in [-0.2, -0.15) is 4.98 Å². The van der Waals surface area contributed by atoms with Crippen LogP contribution >= 0.6 is 0 Å². The van der Waals surface area contributed by atoms with Crippen LogP contribution in [0.4, 0.5) is 5.95 Å². The summed E-state index contributed by atoms with van der Waals surface area (Å²) < 4.78 is 12.7. The number of H-pyrrole nitrogens is 1. The number of nitrogens with one attached hydrogen (secondary N) is 2. The minimum atomic E-state index is -1.15. The van der Waals surface area contributed by atoms with Gasteiger partial charge >= 0.3 is 0 Å². The number of amides is 1. The molecule has 0 spiro atoms. The molecule has 1 amide bonds. The van der Waals surface area contributed by atoms with Crippen LogP contribution in [-0.4, -0.2) is 74.2 Å². The topological polar surface area (TPSA) is 178 Å².